The molecule has 0 aromatic rings. The van der Waals surface area contributed by atoms with Crippen LogP contribution in [0.5, 0.6) is 0 Å². The minimum absolute atomic E-state index is 0.108. The summed E-state index contributed by atoms with van der Waals surface area (Å²) in [5.74, 6) is 2.35. The molecule has 0 aromatic heterocycles. The van der Waals surface area contributed by atoms with Crippen LogP contribution in [0.4, 0.5) is 0 Å². The SMILES string of the molecule is CSCCC(N)(C(=O)O)C12CC3CC(CC(C3)C1)C2. The predicted molar refractivity (Wildman–Crippen MR) is 78.2 cm³/mol. The highest BCUT2D eigenvalue weighted by Crippen LogP contribution is 2.63. The summed E-state index contributed by atoms with van der Waals surface area (Å²) >= 11 is 1.71. The number of carboxylic acids is 1. The van der Waals surface area contributed by atoms with Crippen LogP contribution in [0.25, 0.3) is 0 Å². The monoisotopic (exact) mass is 283 g/mol. The van der Waals surface area contributed by atoms with Crippen molar-refractivity contribution in [3.63, 3.8) is 0 Å². The molecular formula is C15H25NO2S. The summed E-state index contributed by atoms with van der Waals surface area (Å²) < 4.78 is 0. The summed E-state index contributed by atoms with van der Waals surface area (Å²) in [6.45, 7) is 0. The molecule has 0 aromatic carbocycles. The van der Waals surface area contributed by atoms with Gasteiger partial charge in [0.05, 0.1) is 0 Å². The molecule has 0 spiro atoms. The molecule has 0 amide bonds. The normalized spacial score (nSPS) is 43.2. The second-order valence-electron chi connectivity index (χ2n) is 7.22. The summed E-state index contributed by atoms with van der Waals surface area (Å²) in [6, 6.07) is 0. The molecule has 108 valence electrons. The number of aliphatic carboxylic acids is 1. The zero-order valence-electron chi connectivity index (χ0n) is 11.7. The maximum atomic E-state index is 11.9. The van der Waals surface area contributed by atoms with Gasteiger partial charge in [-0.25, -0.2) is 0 Å². The average molecular weight is 283 g/mol. The van der Waals surface area contributed by atoms with Crippen LogP contribution < -0.4 is 5.73 Å². The average Bonchev–Trinajstić information content (AvgIpc) is 2.33. The Hall–Kier alpha value is -0.220. The van der Waals surface area contributed by atoms with Crippen LogP contribution in [0.15, 0.2) is 0 Å². The second-order valence-corrected chi connectivity index (χ2v) is 8.20. The fourth-order valence-corrected chi connectivity index (χ4v) is 6.05. The third kappa shape index (κ3) is 2.02. The van der Waals surface area contributed by atoms with E-state index < -0.39 is 11.5 Å². The summed E-state index contributed by atoms with van der Waals surface area (Å²) in [5, 5.41) is 9.78. The molecule has 4 saturated carbocycles. The molecule has 1 unspecified atom stereocenters. The molecule has 19 heavy (non-hydrogen) atoms. The van der Waals surface area contributed by atoms with Gasteiger partial charge in [-0.15, -0.1) is 0 Å². The lowest BCUT2D eigenvalue weighted by molar-refractivity contribution is -0.162. The van der Waals surface area contributed by atoms with Gasteiger partial charge >= 0.3 is 5.97 Å². The first-order valence-corrected chi connectivity index (χ1v) is 8.90. The topological polar surface area (TPSA) is 63.3 Å². The minimum Gasteiger partial charge on any atom is -0.480 e. The van der Waals surface area contributed by atoms with Gasteiger partial charge in [0, 0.05) is 0 Å². The molecule has 4 aliphatic rings. The van der Waals surface area contributed by atoms with Gasteiger partial charge in [-0.1, -0.05) is 0 Å². The van der Waals surface area contributed by atoms with Crippen molar-refractivity contribution in [2.75, 3.05) is 12.0 Å². The first-order chi connectivity index (χ1) is 8.99. The van der Waals surface area contributed by atoms with Crippen molar-refractivity contribution in [2.45, 2.75) is 50.5 Å². The Morgan fingerprint density at radius 3 is 2.11 bits per heavy atom. The third-order valence-electron chi connectivity index (χ3n) is 6.07. The largest absolute Gasteiger partial charge is 0.480 e. The second kappa shape index (κ2) is 4.66. The molecule has 1 atom stereocenters. The van der Waals surface area contributed by atoms with E-state index in [0.29, 0.717) is 6.42 Å². The van der Waals surface area contributed by atoms with E-state index in [-0.39, 0.29) is 5.41 Å². The van der Waals surface area contributed by atoms with E-state index in [4.69, 9.17) is 5.73 Å². The summed E-state index contributed by atoms with van der Waals surface area (Å²) in [7, 11) is 0. The summed E-state index contributed by atoms with van der Waals surface area (Å²) in [5.41, 5.74) is 5.41. The Balaban J connectivity index is 1.91. The molecule has 0 aliphatic heterocycles. The van der Waals surface area contributed by atoms with Crippen molar-refractivity contribution in [2.24, 2.45) is 28.9 Å². The van der Waals surface area contributed by atoms with Crippen LogP contribution in [0, 0.1) is 23.2 Å². The van der Waals surface area contributed by atoms with Crippen LogP contribution >= 0.6 is 11.8 Å². The van der Waals surface area contributed by atoms with Crippen molar-refractivity contribution in [3.05, 3.63) is 0 Å². The molecule has 4 fully saturated rings. The van der Waals surface area contributed by atoms with Crippen molar-refractivity contribution in [3.8, 4) is 0 Å². The predicted octanol–water partition coefficient (Wildman–Crippen LogP) is 2.74. The molecule has 0 radical (unpaired) electrons. The smallest absolute Gasteiger partial charge is 0.324 e. The van der Waals surface area contributed by atoms with E-state index in [2.05, 4.69) is 0 Å². The molecule has 4 bridgehead atoms. The van der Waals surface area contributed by atoms with Gasteiger partial charge in [0.1, 0.15) is 5.54 Å². The van der Waals surface area contributed by atoms with Gasteiger partial charge in [-0.3, -0.25) is 4.79 Å². The molecule has 4 aliphatic carbocycles. The zero-order chi connectivity index (χ0) is 13.7. The molecule has 4 heteroatoms. The van der Waals surface area contributed by atoms with Crippen molar-refractivity contribution in [1.29, 1.82) is 0 Å². The third-order valence-corrected chi connectivity index (χ3v) is 6.68. The maximum Gasteiger partial charge on any atom is 0.324 e. The number of hydrogen-bond donors (Lipinski definition) is 2. The van der Waals surface area contributed by atoms with Crippen molar-refractivity contribution >= 4 is 17.7 Å². The summed E-state index contributed by atoms with van der Waals surface area (Å²) in [4.78, 5) is 11.9. The fourth-order valence-electron chi connectivity index (χ4n) is 5.52. The van der Waals surface area contributed by atoms with Gasteiger partial charge in [0.25, 0.3) is 0 Å². The standard InChI is InChI=1S/C15H25NO2S/c1-19-3-2-15(16,13(17)18)14-7-10-4-11(8-14)6-12(5-10)9-14/h10-12H,2-9,16H2,1H3,(H,17,18). The number of rotatable bonds is 5. The molecule has 0 saturated heterocycles. The van der Waals surface area contributed by atoms with Gasteiger partial charge < -0.3 is 10.8 Å². The Bertz CT molecular complexity index is 349. The first-order valence-electron chi connectivity index (χ1n) is 7.50. The van der Waals surface area contributed by atoms with E-state index in [9.17, 15) is 9.90 Å². The lowest BCUT2D eigenvalue weighted by Crippen LogP contribution is -2.66. The number of thioether (sulfide) groups is 1. The Morgan fingerprint density at radius 2 is 1.74 bits per heavy atom. The number of carboxylic acid groups (broad SMARTS) is 1. The lowest BCUT2D eigenvalue weighted by atomic mass is 9.44. The van der Waals surface area contributed by atoms with E-state index in [1.807, 2.05) is 6.26 Å². The molecule has 3 nitrogen and oxygen atoms in total. The quantitative estimate of drug-likeness (QED) is 0.814. The maximum absolute atomic E-state index is 11.9. The van der Waals surface area contributed by atoms with Crippen LogP contribution in [-0.4, -0.2) is 28.6 Å². The van der Waals surface area contributed by atoms with Crippen LogP contribution in [0.3, 0.4) is 0 Å². The first kappa shape index (κ1) is 13.7. The minimum atomic E-state index is -0.994. The number of hydrogen-bond acceptors (Lipinski definition) is 3. The van der Waals surface area contributed by atoms with Gasteiger partial charge in [-0.2, -0.15) is 11.8 Å². The molecule has 3 N–H and O–H groups in total. The molecule has 4 rings (SSSR count). The van der Waals surface area contributed by atoms with Crippen LogP contribution in [-0.2, 0) is 4.79 Å². The van der Waals surface area contributed by atoms with E-state index in [1.54, 1.807) is 11.8 Å². The van der Waals surface area contributed by atoms with Crippen LogP contribution in [0.1, 0.15) is 44.9 Å². The molecular weight excluding hydrogens is 258 g/mol. The highest BCUT2D eigenvalue weighted by atomic mass is 32.2. The van der Waals surface area contributed by atoms with Gasteiger partial charge in [0.15, 0.2) is 0 Å². The lowest BCUT2D eigenvalue weighted by Gasteiger charge is -2.61. The van der Waals surface area contributed by atoms with Gasteiger partial charge in [-0.05, 0) is 80.1 Å². The number of carbonyl (C=O) groups is 1. The van der Waals surface area contributed by atoms with Crippen molar-refractivity contribution in [1.82, 2.24) is 0 Å². The van der Waals surface area contributed by atoms with Gasteiger partial charge in [0.2, 0.25) is 0 Å². The van der Waals surface area contributed by atoms with Crippen molar-refractivity contribution < 1.29 is 9.90 Å². The highest BCUT2D eigenvalue weighted by Gasteiger charge is 2.61. The summed E-state index contributed by atoms with van der Waals surface area (Å²) in [6.07, 6.45) is 9.84. The highest BCUT2D eigenvalue weighted by molar-refractivity contribution is 7.98. The van der Waals surface area contributed by atoms with E-state index >= 15 is 0 Å². The Kier molecular flexibility index (Phi) is 3.37. The fraction of sp³-hybridized carbons (Fsp3) is 0.933. The Morgan fingerprint density at radius 1 is 1.26 bits per heavy atom. The van der Waals surface area contributed by atoms with E-state index in [1.165, 1.54) is 19.3 Å². The zero-order valence-corrected chi connectivity index (χ0v) is 12.5. The van der Waals surface area contributed by atoms with E-state index in [0.717, 1.165) is 42.8 Å². The van der Waals surface area contributed by atoms with Crippen LogP contribution in [0.2, 0.25) is 0 Å². The molecule has 0 heterocycles. The Labute approximate surface area is 119 Å². The number of nitrogens with two attached hydrogens (primary N) is 1.